The molecule has 0 bridgehead atoms. The molecule has 0 N–H and O–H groups in total. The van der Waals surface area contributed by atoms with Gasteiger partial charge in [0, 0.05) is 52.1 Å². The quantitative estimate of drug-likeness (QED) is 0.194. The van der Waals surface area contributed by atoms with Gasteiger partial charge in [0.1, 0.15) is 0 Å². The second-order valence-corrected chi connectivity index (χ2v) is 22.1. The Labute approximate surface area is 443 Å². The maximum Gasteiger partial charge on any atom is 0.0556 e. The zero-order chi connectivity index (χ0) is 49.5. The predicted molar refractivity (Wildman–Crippen MR) is 313 cm³/mol. The third kappa shape index (κ3) is 10.8. The first-order valence-electron chi connectivity index (χ1n) is 28.5. The van der Waals surface area contributed by atoms with E-state index in [1.807, 2.05) is 0 Å². The molecule has 0 aliphatic heterocycles. The number of allylic oxidation sites excluding steroid dienone is 40. The maximum absolute atomic E-state index is 2.68. The summed E-state index contributed by atoms with van der Waals surface area (Å²) >= 11 is 0. The minimum atomic E-state index is 0.303. The molecule has 0 saturated heterocycles. The van der Waals surface area contributed by atoms with Crippen molar-refractivity contribution in [2.75, 3.05) is 4.90 Å². The van der Waals surface area contributed by atoms with Crippen molar-refractivity contribution in [1.82, 2.24) is 4.90 Å². The number of nitrogens with zero attached hydrogens (tertiary/aromatic N) is 2. The second kappa shape index (κ2) is 22.7. The minimum absolute atomic E-state index is 0.303. The lowest BCUT2D eigenvalue weighted by molar-refractivity contribution is 0.352. The van der Waals surface area contributed by atoms with Crippen molar-refractivity contribution in [3.05, 3.63) is 292 Å². The van der Waals surface area contributed by atoms with Crippen LogP contribution in [0.15, 0.2) is 287 Å². The van der Waals surface area contributed by atoms with Gasteiger partial charge < -0.3 is 9.80 Å². The fraction of sp³-hybridized carbons (Fsp3) is 0.306. The number of benzene rings is 1. The topological polar surface area (TPSA) is 6.48 Å². The summed E-state index contributed by atoms with van der Waals surface area (Å²) in [5.74, 6) is 2.84. The molecule has 0 radical (unpaired) electrons. The number of hydrogen-bond donors (Lipinski definition) is 0. The van der Waals surface area contributed by atoms with Crippen LogP contribution in [0.4, 0.5) is 5.69 Å². The molecule has 11 aliphatic rings. The van der Waals surface area contributed by atoms with Crippen LogP contribution in [0.3, 0.4) is 0 Å². The van der Waals surface area contributed by atoms with Crippen LogP contribution in [0.1, 0.15) is 108 Å². The lowest BCUT2D eigenvalue weighted by atomic mass is 9.74. The molecular weight excluding hydrogens is 893 g/mol. The first-order valence-corrected chi connectivity index (χ1v) is 28.5. The largest absolute Gasteiger partial charge is 0.338 e. The van der Waals surface area contributed by atoms with Crippen molar-refractivity contribution in [3.63, 3.8) is 0 Å². The van der Waals surface area contributed by atoms with Crippen LogP contribution in [0.25, 0.3) is 0 Å². The van der Waals surface area contributed by atoms with E-state index in [9.17, 15) is 0 Å². The molecule has 7 atom stereocenters. The van der Waals surface area contributed by atoms with Crippen LogP contribution >= 0.6 is 0 Å². The third-order valence-electron chi connectivity index (χ3n) is 17.4. The smallest absolute Gasteiger partial charge is 0.0556 e. The second-order valence-electron chi connectivity index (χ2n) is 22.1. The van der Waals surface area contributed by atoms with Crippen LogP contribution < -0.4 is 4.90 Å². The van der Waals surface area contributed by atoms with E-state index in [1.54, 1.807) is 5.57 Å². The van der Waals surface area contributed by atoms with Crippen molar-refractivity contribution in [1.29, 1.82) is 0 Å². The van der Waals surface area contributed by atoms with Gasteiger partial charge in [-0.25, -0.2) is 0 Å². The van der Waals surface area contributed by atoms with Crippen molar-refractivity contribution in [3.8, 4) is 0 Å². The molecule has 7 unspecified atom stereocenters. The Morgan fingerprint density at radius 3 is 1.70 bits per heavy atom. The first kappa shape index (κ1) is 48.1. The highest BCUT2D eigenvalue weighted by Gasteiger charge is 2.30. The Balaban J connectivity index is 0.804. The lowest BCUT2D eigenvalue weighted by Crippen LogP contribution is -2.34. The monoisotopic (exact) mass is 967 g/mol. The Morgan fingerprint density at radius 2 is 1.08 bits per heavy atom. The summed E-state index contributed by atoms with van der Waals surface area (Å²) < 4.78 is 0. The maximum atomic E-state index is 2.68. The third-order valence-corrected chi connectivity index (χ3v) is 17.4. The van der Waals surface area contributed by atoms with Gasteiger partial charge in [0.05, 0.1) is 6.04 Å². The molecule has 2 nitrogen and oxygen atoms in total. The van der Waals surface area contributed by atoms with Crippen LogP contribution in [0.2, 0.25) is 0 Å². The van der Waals surface area contributed by atoms with Gasteiger partial charge in [0.25, 0.3) is 0 Å². The van der Waals surface area contributed by atoms with E-state index in [4.69, 9.17) is 0 Å². The van der Waals surface area contributed by atoms with Crippen LogP contribution in [0.5, 0.6) is 0 Å². The lowest BCUT2D eigenvalue weighted by Gasteiger charge is -2.38. The minimum Gasteiger partial charge on any atom is -0.338 e. The normalized spacial score (nSPS) is 29.0. The van der Waals surface area contributed by atoms with Gasteiger partial charge in [0.15, 0.2) is 0 Å². The SMILES string of the molecule is C1=CCCC(C2=CC(C3C=CC(N(C4=CC=C(C5=CC=C(N(C6=CCC(C7=CCCC=C7)C=C6)C6C=CC(C7C=CC=CC7)=CC6)CC5)CC4)c4ccc(C5C=CC=CC5)cc4)=CC3)=CC(C3C=CC=CC3)C2)=C1. The van der Waals surface area contributed by atoms with Gasteiger partial charge in [-0.15, -0.1) is 0 Å². The van der Waals surface area contributed by atoms with E-state index in [-0.39, 0.29) is 0 Å². The Bertz CT molecular complexity index is 3050. The van der Waals surface area contributed by atoms with E-state index in [0.29, 0.717) is 41.5 Å². The number of hydrogen-bond acceptors (Lipinski definition) is 2. The highest BCUT2D eigenvalue weighted by molar-refractivity contribution is 5.64. The predicted octanol–water partition coefficient (Wildman–Crippen LogP) is 18.5. The Kier molecular flexibility index (Phi) is 14.7. The van der Waals surface area contributed by atoms with Gasteiger partial charge in [0.2, 0.25) is 0 Å². The van der Waals surface area contributed by atoms with Crippen LogP contribution in [-0.2, 0) is 0 Å². The van der Waals surface area contributed by atoms with Gasteiger partial charge in [-0.05, 0) is 189 Å². The number of anilines is 1. The highest BCUT2D eigenvalue weighted by Crippen LogP contribution is 2.44. The summed E-state index contributed by atoms with van der Waals surface area (Å²) in [5.41, 5.74) is 18.6. The van der Waals surface area contributed by atoms with Crippen molar-refractivity contribution in [2.24, 2.45) is 29.6 Å². The molecule has 0 heterocycles. The summed E-state index contributed by atoms with van der Waals surface area (Å²) in [4.78, 5) is 5.24. The Morgan fingerprint density at radius 1 is 0.392 bits per heavy atom. The van der Waals surface area contributed by atoms with Crippen molar-refractivity contribution < 1.29 is 0 Å². The van der Waals surface area contributed by atoms with Crippen molar-refractivity contribution >= 4 is 5.69 Å². The van der Waals surface area contributed by atoms with E-state index >= 15 is 0 Å². The van der Waals surface area contributed by atoms with Crippen LogP contribution in [-0.4, -0.2) is 10.9 Å². The fourth-order valence-electron chi connectivity index (χ4n) is 13.2. The molecule has 11 aliphatic carbocycles. The summed E-state index contributed by atoms with van der Waals surface area (Å²) in [5, 5.41) is 0. The highest BCUT2D eigenvalue weighted by atomic mass is 15.2. The molecule has 1 aromatic carbocycles. The summed E-state index contributed by atoms with van der Waals surface area (Å²) in [6, 6.07) is 9.78. The summed E-state index contributed by atoms with van der Waals surface area (Å²) in [7, 11) is 0. The average Bonchev–Trinajstić information content (AvgIpc) is 3.49. The number of rotatable bonds is 13. The summed E-state index contributed by atoms with van der Waals surface area (Å²) in [6.07, 6.45) is 95.1. The molecule has 2 heteroatoms. The molecule has 74 heavy (non-hydrogen) atoms. The molecule has 0 saturated carbocycles. The average molecular weight is 967 g/mol. The van der Waals surface area contributed by atoms with E-state index in [2.05, 4.69) is 235 Å². The first-order chi connectivity index (χ1) is 36.7. The standard InChI is InChI=1S/C72H74N2/c1-6-16-53(17-7-1)58-26-38-67(39-27-58)73(68-40-28-59(29-41-68)54-18-8-2-9-19-54)70-44-32-61(33-45-70)62-34-46-71(47-35-62)74(69-42-30-60(31-43-69)55-20-10-3-11-21-55)72-48-36-63(37-49-72)66-51-64(56-22-12-4-13-23-56)50-65(52-66)57-24-14-5-15-25-57/h1,3-8,10-14,16,18-20,22,24,26-28,30-32,34,36,38,40-44,46,48-49,51-53,55-56,59,63-64,67H,2,9,15,17,21,23,25,29,33,35,37,39,45,47,50H2. The molecular formula is C72H74N2. The zero-order valence-corrected chi connectivity index (χ0v) is 43.4. The van der Waals surface area contributed by atoms with E-state index in [1.165, 1.54) is 67.5 Å². The van der Waals surface area contributed by atoms with Gasteiger partial charge in [-0.2, -0.15) is 0 Å². The van der Waals surface area contributed by atoms with Crippen molar-refractivity contribution in [2.45, 2.75) is 108 Å². The Hall–Kier alpha value is -6.90. The van der Waals surface area contributed by atoms with Gasteiger partial charge in [-0.3, -0.25) is 0 Å². The van der Waals surface area contributed by atoms with Gasteiger partial charge in [-0.1, -0.05) is 188 Å². The molecule has 1 aromatic rings. The van der Waals surface area contributed by atoms with Crippen LogP contribution in [0, 0.1) is 29.6 Å². The molecule has 0 fully saturated rings. The molecule has 0 spiro atoms. The molecule has 372 valence electrons. The molecule has 0 aromatic heterocycles. The molecule has 0 amide bonds. The van der Waals surface area contributed by atoms with E-state index in [0.717, 1.165) is 96.3 Å². The molecule has 12 rings (SSSR count). The fourth-order valence-corrected chi connectivity index (χ4v) is 13.2. The summed E-state index contributed by atoms with van der Waals surface area (Å²) in [6.45, 7) is 0. The van der Waals surface area contributed by atoms with E-state index < -0.39 is 0 Å². The zero-order valence-electron chi connectivity index (χ0n) is 43.4. The van der Waals surface area contributed by atoms with Gasteiger partial charge >= 0.3 is 0 Å².